The minimum absolute atomic E-state index is 0.0313. The average molecular weight is 321 g/mol. The number of aromatic nitrogens is 2. The van der Waals surface area contributed by atoms with Crippen molar-refractivity contribution in [3.8, 4) is 0 Å². The van der Waals surface area contributed by atoms with Crippen LogP contribution in [0.1, 0.15) is 29.1 Å². The number of amides is 1. The lowest BCUT2D eigenvalue weighted by atomic mass is 10.1. The molecule has 0 saturated heterocycles. The average Bonchev–Trinajstić information content (AvgIpc) is 3.11. The number of nitrogens with zero attached hydrogens (tertiary/aromatic N) is 3. The van der Waals surface area contributed by atoms with E-state index in [9.17, 15) is 4.79 Å². The Morgan fingerprint density at radius 3 is 2.29 bits per heavy atom. The molecule has 0 aliphatic rings. The van der Waals surface area contributed by atoms with E-state index in [1.165, 1.54) is 5.56 Å². The van der Waals surface area contributed by atoms with Crippen LogP contribution in [0.3, 0.4) is 0 Å². The lowest BCUT2D eigenvalue weighted by Crippen LogP contribution is -2.30. The summed E-state index contributed by atoms with van der Waals surface area (Å²) in [6.07, 6.45) is 1.41. The van der Waals surface area contributed by atoms with Gasteiger partial charge in [0.05, 0.1) is 0 Å². The van der Waals surface area contributed by atoms with Crippen molar-refractivity contribution < 1.29 is 9.21 Å². The minimum Gasteiger partial charge on any atom is -0.417 e. The molecule has 0 aliphatic carbocycles. The van der Waals surface area contributed by atoms with Crippen molar-refractivity contribution in [1.82, 2.24) is 10.2 Å². The normalized spacial score (nSPS) is 10.5. The number of hydrogen-bond acceptors (Lipinski definition) is 4. The van der Waals surface area contributed by atoms with Gasteiger partial charge >= 0.3 is 11.8 Å². The molecule has 0 bridgehead atoms. The maximum absolute atomic E-state index is 12.6. The van der Waals surface area contributed by atoms with Crippen LogP contribution >= 0.6 is 0 Å². The van der Waals surface area contributed by atoms with Crippen LogP contribution in [-0.2, 0) is 12.8 Å². The van der Waals surface area contributed by atoms with Gasteiger partial charge in [-0.05, 0) is 31.0 Å². The molecule has 5 nitrogen and oxygen atoms in total. The summed E-state index contributed by atoms with van der Waals surface area (Å²) in [4.78, 5) is 14.2. The molecule has 0 saturated carbocycles. The molecular weight excluding hydrogens is 302 g/mol. The SMILES string of the molecule is CCN(C(=O)c1nnc(CCc2ccccc2)o1)c1ccccc1. The maximum Gasteiger partial charge on any atom is 0.315 e. The number of anilines is 1. The van der Waals surface area contributed by atoms with Gasteiger partial charge in [0.2, 0.25) is 5.89 Å². The smallest absolute Gasteiger partial charge is 0.315 e. The Balaban J connectivity index is 1.69. The Bertz CT molecular complexity index is 785. The van der Waals surface area contributed by atoms with Crippen LogP contribution in [-0.4, -0.2) is 22.6 Å². The van der Waals surface area contributed by atoms with Crippen LogP contribution in [0.5, 0.6) is 0 Å². The van der Waals surface area contributed by atoms with Crippen LogP contribution < -0.4 is 4.90 Å². The molecule has 0 unspecified atom stereocenters. The van der Waals surface area contributed by atoms with Crippen molar-refractivity contribution in [2.45, 2.75) is 19.8 Å². The predicted molar refractivity (Wildman–Crippen MR) is 91.9 cm³/mol. The van der Waals surface area contributed by atoms with E-state index in [-0.39, 0.29) is 11.8 Å². The van der Waals surface area contributed by atoms with E-state index in [1.54, 1.807) is 4.90 Å². The highest BCUT2D eigenvalue weighted by Crippen LogP contribution is 2.16. The zero-order chi connectivity index (χ0) is 16.8. The van der Waals surface area contributed by atoms with Crippen molar-refractivity contribution in [2.75, 3.05) is 11.4 Å². The zero-order valence-corrected chi connectivity index (χ0v) is 13.6. The fraction of sp³-hybridized carbons (Fsp3) is 0.211. The Morgan fingerprint density at radius 1 is 0.958 bits per heavy atom. The first kappa shape index (κ1) is 15.9. The Labute approximate surface area is 140 Å². The van der Waals surface area contributed by atoms with Crippen LogP contribution in [0.15, 0.2) is 65.1 Å². The zero-order valence-electron chi connectivity index (χ0n) is 13.6. The lowest BCUT2D eigenvalue weighted by Gasteiger charge is -2.18. The summed E-state index contributed by atoms with van der Waals surface area (Å²) in [6.45, 7) is 2.45. The fourth-order valence-corrected chi connectivity index (χ4v) is 2.50. The minimum atomic E-state index is -0.276. The standard InChI is InChI=1S/C19H19N3O2/c1-2-22(16-11-7-4-8-12-16)19(23)18-21-20-17(24-18)14-13-15-9-5-3-6-10-15/h3-12H,2,13-14H2,1H3. The number of benzene rings is 2. The van der Waals surface area contributed by atoms with E-state index in [1.807, 2.05) is 55.5 Å². The molecule has 2 aromatic carbocycles. The molecule has 3 rings (SSSR count). The molecule has 0 atom stereocenters. The van der Waals surface area contributed by atoms with Gasteiger partial charge in [-0.25, -0.2) is 0 Å². The Morgan fingerprint density at radius 2 is 1.62 bits per heavy atom. The van der Waals surface area contributed by atoms with Gasteiger partial charge in [0.1, 0.15) is 0 Å². The quantitative estimate of drug-likeness (QED) is 0.697. The number of carbonyl (C=O) groups excluding carboxylic acids is 1. The fourth-order valence-electron chi connectivity index (χ4n) is 2.50. The summed E-state index contributed by atoms with van der Waals surface area (Å²) in [5.41, 5.74) is 2.01. The largest absolute Gasteiger partial charge is 0.417 e. The van der Waals surface area contributed by atoms with Crippen molar-refractivity contribution in [3.05, 3.63) is 78.0 Å². The number of hydrogen-bond donors (Lipinski definition) is 0. The van der Waals surface area contributed by atoms with E-state index >= 15 is 0 Å². The third-order valence-electron chi connectivity index (χ3n) is 3.75. The van der Waals surface area contributed by atoms with Gasteiger partial charge in [-0.2, -0.15) is 0 Å². The Hall–Kier alpha value is -2.95. The van der Waals surface area contributed by atoms with Crippen LogP contribution in [0.2, 0.25) is 0 Å². The maximum atomic E-state index is 12.6. The summed E-state index contributed by atoms with van der Waals surface area (Å²) in [5, 5.41) is 7.91. The molecule has 3 aromatic rings. The molecule has 1 heterocycles. The number of para-hydroxylation sites is 1. The van der Waals surface area contributed by atoms with Crippen molar-refractivity contribution >= 4 is 11.6 Å². The van der Waals surface area contributed by atoms with Crippen molar-refractivity contribution in [3.63, 3.8) is 0 Å². The number of carbonyl (C=O) groups is 1. The van der Waals surface area contributed by atoms with Gasteiger partial charge in [-0.15, -0.1) is 10.2 Å². The molecule has 122 valence electrons. The second kappa shape index (κ2) is 7.55. The topological polar surface area (TPSA) is 59.2 Å². The van der Waals surface area contributed by atoms with Crippen LogP contribution in [0.25, 0.3) is 0 Å². The molecule has 0 aliphatic heterocycles. The summed E-state index contributed by atoms with van der Waals surface area (Å²) in [6, 6.07) is 19.5. The highest BCUT2D eigenvalue weighted by molar-refractivity contribution is 6.02. The third-order valence-corrected chi connectivity index (χ3v) is 3.75. The van der Waals surface area contributed by atoms with Gasteiger partial charge in [-0.1, -0.05) is 48.5 Å². The second-order valence-corrected chi connectivity index (χ2v) is 5.37. The second-order valence-electron chi connectivity index (χ2n) is 5.37. The molecule has 1 aromatic heterocycles. The van der Waals surface area contributed by atoms with E-state index in [0.717, 1.165) is 12.1 Å². The number of aryl methyl sites for hydroxylation is 2. The molecule has 1 amide bonds. The lowest BCUT2D eigenvalue weighted by molar-refractivity contribution is 0.0953. The highest BCUT2D eigenvalue weighted by Gasteiger charge is 2.22. The summed E-state index contributed by atoms with van der Waals surface area (Å²) in [5.74, 6) is 0.234. The van der Waals surface area contributed by atoms with E-state index in [2.05, 4.69) is 22.3 Å². The summed E-state index contributed by atoms with van der Waals surface area (Å²) in [7, 11) is 0. The molecule has 0 fully saturated rings. The summed E-state index contributed by atoms with van der Waals surface area (Å²) >= 11 is 0. The molecular formula is C19H19N3O2. The van der Waals surface area contributed by atoms with Gasteiger partial charge < -0.3 is 9.32 Å². The van der Waals surface area contributed by atoms with Crippen LogP contribution in [0.4, 0.5) is 5.69 Å². The molecule has 5 heteroatoms. The van der Waals surface area contributed by atoms with E-state index in [0.29, 0.717) is 18.9 Å². The first-order chi connectivity index (χ1) is 11.8. The van der Waals surface area contributed by atoms with Crippen LogP contribution in [0, 0.1) is 0 Å². The monoisotopic (exact) mass is 321 g/mol. The molecule has 0 N–H and O–H groups in total. The van der Waals surface area contributed by atoms with Gasteiger partial charge in [0.25, 0.3) is 0 Å². The Kier molecular flexibility index (Phi) is 5.01. The first-order valence-corrected chi connectivity index (χ1v) is 8.01. The summed E-state index contributed by atoms with van der Waals surface area (Å²) < 4.78 is 5.56. The van der Waals surface area contributed by atoms with Crippen molar-refractivity contribution in [2.24, 2.45) is 0 Å². The first-order valence-electron chi connectivity index (χ1n) is 8.01. The van der Waals surface area contributed by atoms with Crippen molar-refractivity contribution in [1.29, 1.82) is 0 Å². The van der Waals surface area contributed by atoms with E-state index < -0.39 is 0 Å². The molecule has 24 heavy (non-hydrogen) atoms. The van der Waals surface area contributed by atoms with Gasteiger partial charge in [0.15, 0.2) is 0 Å². The predicted octanol–water partition coefficient (Wildman–Crippen LogP) is 3.52. The molecule has 0 spiro atoms. The highest BCUT2D eigenvalue weighted by atomic mass is 16.4. The van der Waals surface area contributed by atoms with E-state index in [4.69, 9.17) is 4.42 Å². The molecule has 0 radical (unpaired) electrons. The van der Waals surface area contributed by atoms with Gasteiger partial charge in [-0.3, -0.25) is 4.79 Å². The number of rotatable bonds is 6. The van der Waals surface area contributed by atoms with Gasteiger partial charge in [0, 0.05) is 18.7 Å². The third kappa shape index (κ3) is 3.68.